The van der Waals surface area contributed by atoms with Crippen LogP contribution in [-0.2, 0) is 4.18 Å². The van der Waals surface area contributed by atoms with E-state index in [1.54, 1.807) is 31.4 Å². The molecule has 0 fully saturated rings. The van der Waals surface area contributed by atoms with Gasteiger partial charge in [-0.2, -0.15) is 4.39 Å². The molecule has 0 amide bonds. The Morgan fingerprint density at radius 2 is 2.33 bits per heavy atom. The molecule has 0 aliphatic heterocycles. The first-order chi connectivity index (χ1) is 7.26. The predicted octanol–water partition coefficient (Wildman–Crippen LogP) is 3.65. The summed E-state index contributed by atoms with van der Waals surface area (Å²) in [5.74, 6) is 1.40. The topological polar surface area (TPSA) is 18.5 Å². The molecule has 0 unspecified atom stereocenters. The average molecular weight is 228 g/mol. The van der Waals surface area contributed by atoms with Gasteiger partial charge in [0.1, 0.15) is 5.75 Å². The third kappa shape index (κ3) is 4.25. The highest BCUT2D eigenvalue weighted by Crippen LogP contribution is 2.18. The number of hydrogen-bond donors (Lipinski definition) is 0. The lowest BCUT2D eigenvalue weighted by Gasteiger charge is -2.01. The lowest BCUT2D eigenvalue weighted by Crippen LogP contribution is -1.83. The van der Waals surface area contributed by atoms with E-state index in [2.05, 4.69) is 0 Å². The number of halogens is 1. The third-order valence-corrected chi connectivity index (χ3v) is 2.14. The van der Waals surface area contributed by atoms with Crippen molar-refractivity contribution in [2.45, 2.75) is 6.92 Å². The first kappa shape index (κ1) is 11.9. The molecule has 0 radical (unpaired) electrons. The van der Waals surface area contributed by atoms with E-state index in [1.165, 1.54) is 6.08 Å². The molecule has 0 saturated carbocycles. The fourth-order valence-electron chi connectivity index (χ4n) is 1.00. The summed E-state index contributed by atoms with van der Waals surface area (Å²) < 4.78 is 22.8. The van der Waals surface area contributed by atoms with Crippen LogP contribution < -0.4 is 4.74 Å². The van der Waals surface area contributed by atoms with E-state index >= 15 is 0 Å². The van der Waals surface area contributed by atoms with Crippen molar-refractivity contribution in [2.24, 2.45) is 0 Å². The van der Waals surface area contributed by atoms with Crippen molar-refractivity contribution in [1.29, 1.82) is 0 Å². The van der Waals surface area contributed by atoms with Crippen molar-refractivity contribution in [1.82, 2.24) is 0 Å². The molecule has 0 heterocycles. The number of ether oxygens (including phenoxy) is 1. The minimum Gasteiger partial charge on any atom is -0.497 e. The minimum atomic E-state index is -0.602. The quantitative estimate of drug-likeness (QED) is 0.566. The van der Waals surface area contributed by atoms with Gasteiger partial charge in [0, 0.05) is 11.8 Å². The first-order valence-corrected chi connectivity index (χ1v) is 5.48. The summed E-state index contributed by atoms with van der Waals surface area (Å²) in [5.41, 5.74) is 0.712. The molecular formula is C11H13FO2S. The standard InChI is InChI=1S/C11H13FO2S/c1-3-15-14-11(12)8-9-5-4-6-10(7-9)13-2/h4-8H,3H2,1-2H3/b11-8+. The van der Waals surface area contributed by atoms with E-state index in [-0.39, 0.29) is 0 Å². The van der Waals surface area contributed by atoms with Gasteiger partial charge in [-0.15, -0.1) is 0 Å². The summed E-state index contributed by atoms with van der Waals surface area (Å²) in [6.45, 7) is 1.89. The van der Waals surface area contributed by atoms with Gasteiger partial charge in [-0.1, -0.05) is 19.1 Å². The number of hydrogen-bond acceptors (Lipinski definition) is 3. The van der Waals surface area contributed by atoms with E-state index < -0.39 is 6.01 Å². The molecule has 0 aliphatic rings. The van der Waals surface area contributed by atoms with Crippen LogP contribution >= 0.6 is 12.0 Å². The first-order valence-electron chi connectivity index (χ1n) is 4.57. The summed E-state index contributed by atoms with van der Waals surface area (Å²) >= 11 is 1.07. The van der Waals surface area contributed by atoms with Crippen LogP contribution in [0.15, 0.2) is 30.3 Å². The second-order valence-electron chi connectivity index (χ2n) is 2.71. The van der Waals surface area contributed by atoms with Crippen molar-refractivity contribution in [3.05, 3.63) is 35.8 Å². The van der Waals surface area contributed by atoms with E-state index in [0.717, 1.165) is 12.0 Å². The summed E-state index contributed by atoms with van der Waals surface area (Å²) in [6, 6.07) is 6.51. The Bertz CT molecular complexity index is 339. The third-order valence-electron chi connectivity index (χ3n) is 1.63. The SMILES string of the molecule is CCSO/C(F)=C/c1cccc(OC)c1. The minimum absolute atomic E-state index is 0.602. The van der Waals surface area contributed by atoms with Gasteiger partial charge in [-0.25, -0.2) is 0 Å². The van der Waals surface area contributed by atoms with Crippen LogP contribution in [0.4, 0.5) is 4.39 Å². The van der Waals surface area contributed by atoms with Crippen molar-refractivity contribution in [2.75, 3.05) is 12.9 Å². The summed E-state index contributed by atoms with van der Waals surface area (Å²) in [4.78, 5) is 0. The zero-order valence-electron chi connectivity index (χ0n) is 8.70. The smallest absolute Gasteiger partial charge is 0.285 e. The molecule has 0 saturated heterocycles. The molecule has 1 rings (SSSR count). The second-order valence-corrected chi connectivity index (χ2v) is 3.69. The van der Waals surface area contributed by atoms with Gasteiger partial charge in [-0.3, -0.25) is 0 Å². The maximum absolute atomic E-state index is 13.1. The maximum Gasteiger partial charge on any atom is 0.285 e. The monoisotopic (exact) mass is 228 g/mol. The highest BCUT2D eigenvalue weighted by Gasteiger charge is 1.98. The van der Waals surface area contributed by atoms with Crippen molar-refractivity contribution in [3.8, 4) is 5.75 Å². The van der Waals surface area contributed by atoms with Crippen LogP contribution in [0.2, 0.25) is 0 Å². The molecule has 0 aromatic heterocycles. The van der Waals surface area contributed by atoms with E-state index in [9.17, 15) is 4.39 Å². The number of methoxy groups -OCH3 is 1. The normalized spacial score (nSPS) is 11.3. The van der Waals surface area contributed by atoms with Crippen molar-refractivity contribution < 1.29 is 13.3 Å². The summed E-state index contributed by atoms with van der Waals surface area (Å²) in [7, 11) is 1.57. The average Bonchev–Trinajstić information content (AvgIpc) is 2.26. The van der Waals surface area contributed by atoms with Crippen LogP contribution in [0.5, 0.6) is 5.75 Å². The van der Waals surface area contributed by atoms with Crippen molar-refractivity contribution >= 4 is 18.1 Å². The Morgan fingerprint density at radius 1 is 1.53 bits per heavy atom. The summed E-state index contributed by atoms with van der Waals surface area (Å²) in [6.07, 6.45) is 1.32. The zero-order valence-corrected chi connectivity index (χ0v) is 9.51. The van der Waals surface area contributed by atoms with Gasteiger partial charge >= 0.3 is 0 Å². The molecule has 2 nitrogen and oxygen atoms in total. The molecule has 82 valence electrons. The van der Waals surface area contributed by atoms with Gasteiger partial charge in [0.15, 0.2) is 0 Å². The molecule has 0 atom stereocenters. The van der Waals surface area contributed by atoms with Gasteiger partial charge < -0.3 is 8.92 Å². The Morgan fingerprint density at radius 3 is 3.00 bits per heavy atom. The van der Waals surface area contributed by atoms with Gasteiger partial charge in [-0.05, 0) is 17.7 Å². The van der Waals surface area contributed by atoms with Crippen LogP contribution in [0.3, 0.4) is 0 Å². The predicted molar refractivity (Wildman–Crippen MR) is 61.3 cm³/mol. The molecule has 0 spiro atoms. The number of rotatable bonds is 5. The fraction of sp³-hybridized carbons (Fsp3) is 0.273. The van der Waals surface area contributed by atoms with Crippen LogP contribution in [-0.4, -0.2) is 12.9 Å². The van der Waals surface area contributed by atoms with Crippen LogP contribution in [0.25, 0.3) is 6.08 Å². The largest absolute Gasteiger partial charge is 0.497 e. The molecule has 0 bridgehead atoms. The Hall–Kier alpha value is -1.16. The Labute approximate surface area is 93.3 Å². The maximum atomic E-state index is 13.1. The Kier molecular flexibility index (Phi) is 5.04. The Balaban J connectivity index is 2.69. The van der Waals surface area contributed by atoms with Crippen LogP contribution in [0.1, 0.15) is 12.5 Å². The molecule has 1 aromatic rings. The van der Waals surface area contributed by atoms with Crippen LogP contribution in [0, 0.1) is 0 Å². The zero-order chi connectivity index (χ0) is 11.1. The molecule has 0 N–H and O–H groups in total. The molecule has 1 aromatic carbocycles. The lowest BCUT2D eigenvalue weighted by atomic mass is 10.2. The van der Waals surface area contributed by atoms with Gasteiger partial charge in [0.25, 0.3) is 6.01 Å². The van der Waals surface area contributed by atoms with Gasteiger partial charge in [0.2, 0.25) is 0 Å². The van der Waals surface area contributed by atoms with E-state index in [4.69, 9.17) is 8.92 Å². The van der Waals surface area contributed by atoms with Gasteiger partial charge in [0.05, 0.1) is 19.2 Å². The highest BCUT2D eigenvalue weighted by molar-refractivity contribution is 7.94. The lowest BCUT2D eigenvalue weighted by molar-refractivity contribution is 0.351. The van der Waals surface area contributed by atoms with E-state index in [1.807, 2.05) is 6.92 Å². The number of benzene rings is 1. The molecule has 0 aliphatic carbocycles. The van der Waals surface area contributed by atoms with Crippen molar-refractivity contribution in [3.63, 3.8) is 0 Å². The molecule has 4 heteroatoms. The molecule has 15 heavy (non-hydrogen) atoms. The fourth-order valence-corrected chi connectivity index (χ4v) is 1.28. The second kappa shape index (κ2) is 6.35. The summed E-state index contributed by atoms with van der Waals surface area (Å²) in [5, 5.41) is 0. The highest BCUT2D eigenvalue weighted by atomic mass is 32.2. The molecular weight excluding hydrogens is 215 g/mol. The van der Waals surface area contributed by atoms with E-state index in [0.29, 0.717) is 17.1 Å².